The van der Waals surface area contributed by atoms with Crippen molar-refractivity contribution in [2.24, 2.45) is 0 Å². The molecular weight excluding hydrogens is 593 g/mol. The van der Waals surface area contributed by atoms with E-state index in [1.807, 2.05) is 0 Å². The molecule has 4 aromatic rings. The van der Waals surface area contributed by atoms with Crippen molar-refractivity contribution in [1.82, 2.24) is 25.2 Å². The van der Waals surface area contributed by atoms with Gasteiger partial charge in [-0.2, -0.15) is 9.97 Å². The van der Waals surface area contributed by atoms with Crippen molar-refractivity contribution in [2.45, 2.75) is 82.6 Å². The van der Waals surface area contributed by atoms with Crippen LogP contribution in [0.3, 0.4) is 0 Å². The van der Waals surface area contributed by atoms with Crippen molar-refractivity contribution < 1.29 is 23.0 Å². The lowest BCUT2D eigenvalue weighted by Crippen LogP contribution is -2.56. The Labute approximate surface area is 266 Å². The predicted octanol–water partition coefficient (Wildman–Crippen LogP) is 6.16. The number of anilines is 1. The topological polar surface area (TPSA) is 86.6 Å². The summed E-state index contributed by atoms with van der Waals surface area (Å²) in [5, 5.41) is 16.0. The smallest absolute Gasteiger partial charge is 0.319 e. The SMILES string of the molecule is CC[C@@H]1CN2c3nc(OC[C@@]45CCCN4C[C@H](F)C5)nc4c(F)c(-c5cc(O)cc6ccc(F)c(C)c56)nc(c34)[C@@H](C)C[C@@H]2CN1. The van der Waals surface area contributed by atoms with Crippen LogP contribution in [-0.4, -0.2) is 81.5 Å². The number of nitrogens with one attached hydrogen (secondary N) is 1. The van der Waals surface area contributed by atoms with Crippen LogP contribution in [0.5, 0.6) is 11.8 Å². The van der Waals surface area contributed by atoms with Crippen LogP contribution < -0.4 is 15.0 Å². The van der Waals surface area contributed by atoms with Crippen LogP contribution in [0.15, 0.2) is 24.3 Å². The largest absolute Gasteiger partial charge is 0.508 e. The van der Waals surface area contributed by atoms with E-state index in [0.29, 0.717) is 58.3 Å². The van der Waals surface area contributed by atoms with Gasteiger partial charge in [0.2, 0.25) is 0 Å². The molecular formula is C35H39F3N6O2. The van der Waals surface area contributed by atoms with Crippen molar-refractivity contribution >= 4 is 27.5 Å². The third-order valence-electron chi connectivity index (χ3n) is 10.9. The standard InChI is InChI=1S/C35H39F3N6O2/c1-4-22-16-44-23(14-39-22)10-18(2)30-28-32(41-34(42-33(28)44)46-17-35-8-5-9-43(35)15-21(36)13-35)29(38)31(40-30)25-12-24(45)11-20-6-7-26(37)19(3)27(20)25/h6-7,11-12,18,21-23,39,45H,4-5,8-10,13-17H2,1-3H3/t18-,21+,22+,23+,35-/m0/s1. The first-order valence-electron chi connectivity index (χ1n) is 16.5. The number of ether oxygens (including phenoxy) is 1. The number of fused-ring (bicyclic) bond motifs is 4. The zero-order chi connectivity index (χ0) is 31.9. The number of aromatic hydroxyl groups is 1. The number of aryl methyl sites for hydroxylation is 1. The van der Waals surface area contributed by atoms with E-state index in [1.54, 1.807) is 19.1 Å². The van der Waals surface area contributed by atoms with Crippen molar-refractivity contribution in [3.05, 3.63) is 47.2 Å². The molecule has 0 amide bonds. The Hall–Kier alpha value is -3.70. The first kappa shape index (κ1) is 29.7. The van der Waals surface area contributed by atoms with E-state index in [2.05, 4.69) is 29.0 Å². The number of piperazine rings is 1. The van der Waals surface area contributed by atoms with Gasteiger partial charge in [0, 0.05) is 49.6 Å². The first-order valence-corrected chi connectivity index (χ1v) is 16.5. The minimum absolute atomic E-state index is 0.000562. The molecule has 0 radical (unpaired) electrons. The summed E-state index contributed by atoms with van der Waals surface area (Å²) in [7, 11) is 0. The summed E-state index contributed by atoms with van der Waals surface area (Å²) in [6, 6.07) is 6.29. The summed E-state index contributed by atoms with van der Waals surface area (Å²) in [6.07, 6.45) is 2.99. The lowest BCUT2D eigenvalue weighted by molar-refractivity contribution is 0.107. The molecule has 2 aromatic heterocycles. The van der Waals surface area contributed by atoms with Gasteiger partial charge in [0.25, 0.3) is 0 Å². The van der Waals surface area contributed by atoms with Gasteiger partial charge in [0.1, 0.15) is 41.4 Å². The van der Waals surface area contributed by atoms with E-state index in [0.717, 1.165) is 38.8 Å². The van der Waals surface area contributed by atoms with Crippen LogP contribution in [-0.2, 0) is 0 Å². The molecule has 8 rings (SSSR count). The molecule has 0 unspecified atom stereocenters. The van der Waals surface area contributed by atoms with Crippen molar-refractivity contribution in [1.29, 1.82) is 0 Å². The van der Waals surface area contributed by atoms with Crippen molar-refractivity contribution in [2.75, 3.05) is 37.7 Å². The molecule has 0 aliphatic carbocycles. The highest BCUT2D eigenvalue weighted by atomic mass is 19.1. The molecule has 2 aromatic carbocycles. The van der Waals surface area contributed by atoms with Gasteiger partial charge in [-0.1, -0.05) is 19.9 Å². The molecule has 4 aliphatic heterocycles. The van der Waals surface area contributed by atoms with E-state index in [1.165, 1.54) is 12.1 Å². The van der Waals surface area contributed by atoms with Gasteiger partial charge in [-0.3, -0.25) is 4.90 Å². The van der Waals surface area contributed by atoms with Gasteiger partial charge in [0.05, 0.1) is 16.6 Å². The minimum Gasteiger partial charge on any atom is -0.508 e. The number of hydrogen-bond donors (Lipinski definition) is 2. The normalized spacial score (nSPS) is 27.7. The number of halogens is 3. The Morgan fingerprint density at radius 1 is 1.13 bits per heavy atom. The van der Waals surface area contributed by atoms with E-state index < -0.39 is 23.3 Å². The predicted molar refractivity (Wildman–Crippen MR) is 171 cm³/mol. The summed E-state index contributed by atoms with van der Waals surface area (Å²) in [4.78, 5) is 19.1. The summed E-state index contributed by atoms with van der Waals surface area (Å²) >= 11 is 0. The highest BCUT2D eigenvalue weighted by Crippen LogP contribution is 2.45. The maximum atomic E-state index is 17.1. The molecule has 5 atom stereocenters. The lowest BCUT2D eigenvalue weighted by atomic mass is 9.93. The molecule has 2 N–H and O–H groups in total. The Morgan fingerprint density at radius 2 is 1.98 bits per heavy atom. The molecule has 0 bridgehead atoms. The number of rotatable bonds is 5. The van der Waals surface area contributed by atoms with Gasteiger partial charge in [-0.05, 0) is 73.7 Å². The number of aromatic nitrogens is 3. The second-order valence-corrected chi connectivity index (χ2v) is 13.8. The van der Waals surface area contributed by atoms with Crippen LogP contribution in [0.4, 0.5) is 19.0 Å². The fourth-order valence-electron chi connectivity index (χ4n) is 8.54. The van der Waals surface area contributed by atoms with Gasteiger partial charge in [-0.15, -0.1) is 0 Å². The summed E-state index contributed by atoms with van der Waals surface area (Å²) in [5.41, 5.74) is 0.975. The molecule has 242 valence electrons. The molecule has 6 heterocycles. The summed E-state index contributed by atoms with van der Waals surface area (Å²) in [5.74, 6) is -0.650. The quantitative estimate of drug-likeness (QED) is 0.271. The lowest BCUT2D eigenvalue weighted by Gasteiger charge is -2.41. The van der Waals surface area contributed by atoms with Gasteiger partial charge >= 0.3 is 6.01 Å². The highest BCUT2D eigenvalue weighted by Gasteiger charge is 2.49. The van der Waals surface area contributed by atoms with E-state index in [4.69, 9.17) is 19.7 Å². The molecule has 0 saturated carbocycles. The zero-order valence-corrected chi connectivity index (χ0v) is 26.4. The van der Waals surface area contributed by atoms with Gasteiger partial charge < -0.3 is 20.1 Å². The average Bonchev–Trinajstić information content (AvgIpc) is 3.53. The number of phenols is 1. The molecule has 3 saturated heterocycles. The second kappa shape index (κ2) is 10.9. The van der Waals surface area contributed by atoms with Crippen LogP contribution in [0.2, 0.25) is 0 Å². The second-order valence-electron chi connectivity index (χ2n) is 13.8. The number of nitrogens with zero attached hydrogens (tertiary/aromatic N) is 5. The Balaban J connectivity index is 1.34. The third kappa shape index (κ3) is 4.60. The maximum absolute atomic E-state index is 17.1. The minimum atomic E-state index is -0.904. The fourth-order valence-corrected chi connectivity index (χ4v) is 8.54. The fraction of sp³-hybridized carbons (Fsp3) is 0.514. The number of phenolic OH excluding ortho intramolecular Hbond substituents is 1. The van der Waals surface area contributed by atoms with Gasteiger partial charge in [0.15, 0.2) is 5.82 Å². The molecule has 4 aliphatic rings. The van der Waals surface area contributed by atoms with Crippen LogP contribution in [0, 0.1) is 18.6 Å². The Kier molecular flexibility index (Phi) is 7.06. The number of hydrogen-bond acceptors (Lipinski definition) is 8. The van der Waals surface area contributed by atoms with E-state index in [-0.39, 0.29) is 47.6 Å². The van der Waals surface area contributed by atoms with E-state index >= 15 is 4.39 Å². The molecule has 0 spiro atoms. The number of alkyl halides is 1. The molecule has 11 heteroatoms. The average molecular weight is 633 g/mol. The van der Waals surface area contributed by atoms with E-state index in [9.17, 15) is 13.9 Å². The highest BCUT2D eigenvalue weighted by molar-refractivity contribution is 6.02. The molecule has 46 heavy (non-hydrogen) atoms. The maximum Gasteiger partial charge on any atom is 0.319 e. The zero-order valence-electron chi connectivity index (χ0n) is 26.4. The number of pyridine rings is 1. The summed E-state index contributed by atoms with van der Waals surface area (Å²) < 4.78 is 52.9. The first-order chi connectivity index (χ1) is 22.2. The molecule has 3 fully saturated rings. The van der Waals surface area contributed by atoms with Crippen LogP contribution in [0.1, 0.15) is 63.1 Å². The molecule has 8 nitrogen and oxygen atoms in total. The third-order valence-corrected chi connectivity index (χ3v) is 10.9. The van der Waals surface area contributed by atoms with Crippen molar-refractivity contribution in [3.63, 3.8) is 0 Å². The Bertz CT molecular complexity index is 1870. The Morgan fingerprint density at radius 3 is 2.80 bits per heavy atom. The van der Waals surface area contributed by atoms with Gasteiger partial charge in [-0.25, -0.2) is 18.2 Å². The number of benzene rings is 2. The van der Waals surface area contributed by atoms with Crippen LogP contribution in [0.25, 0.3) is 32.9 Å². The van der Waals surface area contributed by atoms with Crippen molar-refractivity contribution in [3.8, 4) is 23.0 Å². The van der Waals surface area contributed by atoms with Crippen LogP contribution >= 0.6 is 0 Å². The summed E-state index contributed by atoms with van der Waals surface area (Å²) in [6.45, 7) is 8.76. The monoisotopic (exact) mass is 632 g/mol.